The number of sulfone groups is 1. The van der Waals surface area contributed by atoms with Gasteiger partial charge in [0.1, 0.15) is 0 Å². The van der Waals surface area contributed by atoms with E-state index in [2.05, 4.69) is 4.98 Å². The van der Waals surface area contributed by atoms with Crippen molar-refractivity contribution in [3.8, 4) is 0 Å². The first-order valence-corrected chi connectivity index (χ1v) is 7.26. The Balaban J connectivity index is 2.16. The summed E-state index contributed by atoms with van der Waals surface area (Å²) in [7, 11) is -3.38. The minimum atomic E-state index is -3.38. The maximum absolute atomic E-state index is 12.1. The van der Waals surface area contributed by atoms with Gasteiger partial charge in [-0.3, -0.25) is 0 Å². The second-order valence-corrected chi connectivity index (χ2v) is 6.18. The number of hydrogen-bond donors (Lipinski definition) is 1. The fourth-order valence-corrected chi connectivity index (χ4v) is 3.73. The molecule has 1 saturated heterocycles. The molecule has 1 aliphatic heterocycles. The highest BCUT2D eigenvalue weighted by molar-refractivity contribution is 7.91. The topological polar surface area (TPSA) is 82.3 Å². The van der Waals surface area contributed by atoms with Gasteiger partial charge in [-0.2, -0.15) is 0 Å². The molecule has 0 radical (unpaired) electrons. The first-order chi connectivity index (χ1) is 8.09. The Morgan fingerprint density at radius 2 is 2.12 bits per heavy atom. The van der Waals surface area contributed by atoms with E-state index in [0.717, 1.165) is 12.8 Å². The van der Waals surface area contributed by atoms with Crippen molar-refractivity contribution in [2.75, 3.05) is 24.7 Å². The van der Waals surface area contributed by atoms with Crippen molar-refractivity contribution in [2.45, 2.75) is 17.9 Å². The van der Waals surface area contributed by atoms with Gasteiger partial charge in [0.15, 0.2) is 14.9 Å². The summed E-state index contributed by atoms with van der Waals surface area (Å²) in [5, 5.41) is 0.00601. The second-order valence-electron chi connectivity index (χ2n) is 4.23. The highest BCUT2D eigenvalue weighted by Crippen LogP contribution is 2.22. The molecule has 0 spiro atoms. The molecule has 1 aromatic heterocycles. The first-order valence-electron chi connectivity index (χ1n) is 5.60. The summed E-state index contributed by atoms with van der Waals surface area (Å²) in [6, 6.07) is 3.19. The fraction of sp³-hybridized carbons (Fsp3) is 0.545. The average molecular weight is 256 g/mol. The SMILES string of the molecule is Nc1cccnc1S(=O)(=O)CC1CCOCC1. The lowest BCUT2D eigenvalue weighted by Gasteiger charge is -2.21. The molecule has 0 atom stereocenters. The highest BCUT2D eigenvalue weighted by Gasteiger charge is 2.25. The Morgan fingerprint density at radius 3 is 2.76 bits per heavy atom. The van der Waals surface area contributed by atoms with Gasteiger partial charge in [0.2, 0.25) is 0 Å². The molecular weight excluding hydrogens is 240 g/mol. The van der Waals surface area contributed by atoms with Crippen molar-refractivity contribution in [2.24, 2.45) is 5.92 Å². The maximum Gasteiger partial charge on any atom is 0.197 e. The quantitative estimate of drug-likeness (QED) is 0.867. The van der Waals surface area contributed by atoms with Crippen LogP contribution in [0.5, 0.6) is 0 Å². The van der Waals surface area contributed by atoms with Crippen LogP contribution in [0.3, 0.4) is 0 Å². The minimum absolute atomic E-state index is 0.00601. The smallest absolute Gasteiger partial charge is 0.197 e. The minimum Gasteiger partial charge on any atom is -0.396 e. The summed E-state index contributed by atoms with van der Waals surface area (Å²) in [4.78, 5) is 3.87. The molecule has 1 aliphatic rings. The van der Waals surface area contributed by atoms with E-state index in [0.29, 0.717) is 13.2 Å². The summed E-state index contributed by atoms with van der Waals surface area (Å²) < 4.78 is 29.5. The van der Waals surface area contributed by atoms with Crippen molar-refractivity contribution in [3.05, 3.63) is 18.3 Å². The largest absolute Gasteiger partial charge is 0.396 e. The summed E-state index contributed by atoms with van der Waals surface area (Å²) in [5.74, 6) is 0.257. The lowest BCUT2D eigenvalue weighted by molar-refractivity contribution is 0.0723. The standard InChI is InChI=1S/C11H16N2O3S/c12-10-2-1-5-13-11(10)17(14,15)8-9-3-6-16-7-4-9/h1-2,5,9H,3-4,6-8,12H2. The molecule has 6 heteroatoms. The molecule has 5 nitrogen and oxygen atoms in total. The zero-order valence-corrected chi connectivity index (χ0v) is 10.3. The van der Waals surface area contributed by atoms with Crippen molar-refractivity contribution in [1.29, 1.82) is 0 Å². The van der Waals surface area contributed by atoms with Crippen LogP contribution in [0.2, 0.25) is 0 Å². The summed E-state index contributed by atoms with van der Waals surface area (Å²) in [5.41, 5.74) is 5.87. The molecule has 0 unspecified atom stereocenters. The number of anilines is 1. The number of pyridine rings is 1. The molecule has 2 heterocycles. The zero-order valence-electron chi connectivity index (χ0n) is 9.50. The molecule has 0 bridgehead atoms. The Bertz CT molecular complexity index is 481. The number of nitrogens with two attached hydrogens (primary N) is 1. The third-order valence-electron chi connectivity index (χ3n) is 2.89. The summed E-state index contributed by atoms with van der Waals surface area (Å²) >= 11 is 0. The average Bonchev–Trinajstić information content (AvgIpc) is 2.30. The molecule has 94 valence electrons. The molecule has 0 aliphatic carbocycles. The van der Waals surface area contributed by atoms with Crippen LogP contribution in [0, 0.1) is 5.92 Å². The molecule has 1 aromatic rings. The van der Waals surface area contributed by atoms with Crippen molar-refractivity contribution in [3.63, 3.8) is 0 Å². The lowest BCUT2D eigenvalue weighted by Crippen LogP contribution is -2.24. The first kappa shape index (κ1) is 12.3. The van der Waals surface area contributed by atoms with Gasteiger partial charge in [0, 0.05) is 19.4 Å². The predicted octanol–water partition coefficient (Wildman–Crippen LogP) is 0.864. The number of ether oxygens (including phenoxy) is 1. The summed E-state index contributed by atoms with van der Waals surface area (Å²) in [6.07, 6.45) is 3.02. The number of rotatable bonds is 3. The normalized spacial score (nSPS) is 18.1. The van der Waals surface area contributed by atoms with E-state index < -0.39 is 9.84 Å². The van der Waals surface area contributed by atoms with E-state index >= 15 is 0 Å². The van der Waals surface area contributed by atoms with Gasteiger partial charge in [-0.05, 0) is 30.9 Å². The van der Waals surface area contributed by atoms with Crippen LogP contribution in [0.4, 0.5) is 5.69 Å². The number of nitrogen functional groups attached to an aromatic ring is 1. The van der Waals surface area contributed by atoms with Crippen LogP contribution < -0.4 is 5.73 Å². The van der Waals surface area contributed by atoms with E-state index in [1.807, 2.05) is 0 Å². The van der Waals surface area contributed by atoms with Crippen LogP contribution in [-0.4, -0.2) is 32.4 Å². The Labute approximate surface area is 101 Å². The predicted molar refractivity (Wildman–Crippen MR) is 64.2 cm³/mol. The summed E-state index contributed by atoms with van der Waals surface area (Å²) in [6.45, 7) is 1.27. The van der Waals surface area contributed by atoms with Gasteiger partial charge < -0.3 is 10.5 Å². The fourth-order valence-electron chi connectivity index (χ4n) is 1.97. The molecular formula is C11H16N2O3S. The highest BCUT2D eigenvalue weighted by atomic mass is 32.2. The number of nitrogens with zero attached hydrogens (tertiary/aromatic N) is 1. The van der Waals surface area contributed by atoms with Gasteiger partial charge in [0.05, 0.1) is 11.4 Å². The van der Waals surface area contributed by atoms with E-state index in [1.54, 1.807) is 12.1 Å². The van der Waals surface area contributed by atoms with Gasteiger partial charge in [-0.15, -0.1) is 0 Å². The van der Waals surface area contributed by atoms with Crippen molar-refractivity contribution < 1.29 is 13.2 Å². The Hall–Kier alpha value is -1.14. The Kier molecular flexibility index (Phi) is 3.63. The van der Waals surface area contributed by atoms with Gasteiger partial charge in [-0.25, -0.2) is 13.4 Å². The van der Waals surface area contributed by atoms with E-state index in [1.165, 1.54) is 6.20 Å². The van der Waals surface area contributed by atoms with E-state index in [-0.39, 0.29) is 22.4 Å². The van der Waals surface area contributed by atoms with Crippen LogP contribution in [-0.2, 0) is 14.6 Å². The van der Waals surface area contributed by atoms with Crippen molar-refractivity contribution >= 4 is 15.5 Å². The third-order valence-corrected chi connectivity index (χ3v) is 4.73. The van der Waals surface area contributed by atoms with Gasteiger partial charge >= 0.3 is 0 Å². The molecule has 1 fully saturated rings. The lowest BCUT2D eigenvalue weighted by atomic mass is 10.0. The maximum atomic E-state index is 12.1. The number of aromatic nitrogens is 1. The van der Waals surface area contributed by atoms with E-state index in [9.17, 15) is 8.42 Å². The van der Waals surface area contributed by atoms with Crippen molar-refractivity contribution in [1.82, 2.24) is 4.98 Å². The van der Waals surface area contributed by atoms with Crippen LogP contribution in [0.15, 0.2) is 23.4 Å². The monoisotopic (exact) mass is 256 g/mol. The zero-order chi connectivity index (χ0) is 12.3. The van der Waals surface area contributed by atoms with Crippen LogP contribution in [0.1, 0.15) is 12.8 Å². The third kappa shape index (κ3) is 2.95. The second kappa shape index (κ2) is 5.01. The van der Waals surface area contributed by atoms with Crippen LogP contribution in [0.25, 0.3) is 0 Å². The Morgan fingerprint density at radius 1 is 1.41 bits per heavy atom. The molecule has 0 aromatic carbocycles. The molecule has 17 heavy (non-hydrogen) atoms. The molecule has 2 rings (SSSR count). The van der Waals surface area contributed by atoms with E-state index in [4.69, 9.17) is 10.5 Å². The van der Waals surface area contributed by atoms with Gasteiger partial charge in [0.25, 0.3) is 0 Å². The van der Waals surface area contributed by atoms with Gasteiger partial charge in [-0.1, -0.05) is 0 Å². The molecule has 0 saturated carbocycles. The molecule has 0 amide bonds. The molecule has 2 N–H and O–H groups in total. The number of hydrogen-bond acceptors (Lipinski definition) is 5. The van der Waals surface area contributed by atoms with Crippen LogP contribution >= 0.6 is 0 Å².